The van der Waals surface area contributed by atoms with Crippen LogP contribution in [0.3, 0.4) is 0 Å². The van der Waals surface area contributed by atoms with Crippen LogP contribution >= 0.6 is 0 Å². The average Bonchev–Trinajstić information content (AvgIpc) is 1.82. The lowest BCUT2D eigenvalue weighted by atomic mass is 10.1. The second-order valence-corrected chi connectivity index (χ2v) is 3.10. The number of carbonyl (C=O) groups is 1. The first kappa shape index (κ1) is 9.58. The van der Waals surface area contributed by atoms with Gasteiger partial charge in [-0.2, -0.15) is 0 Å². The first-order chi connectivity index (χ1) is 4.54. The second kappa shape index (κ2) is 4.40. The van der Waals surface area contributed by atoms with Crippen molar-refractivity contribution in [3.05, 3.63) is 0 Å². The lowest BCUT2D eigenvalue weighted by Gasteiger charge is -2.01. The maximum atomic E-state index is 10.1. The highest BCUT2D eigenvalue weighted by Crippen LogP contribution is 2.01. The van der Waals surface area contributed by atoms with Crippen LogP contribution in [0.25, 0.3) is 0 Å². The van der Waals surface area contributed by atoms with Gasteiger partial charge in [-0.1, -0.05) is 6.92 Å². The molecule has 0 fully saturated rings. The molecule has 2 unspecified atom stereocenters. The Kier molecular flexibility index (Phi) is 4.22. The van der Waals surface area contributed by atoms with Gasteiger partial charge < -0.3 is 9.66 Å². The molecule has 0 aromatic rings. The predicted molar refractivity (Wildman–Crippen MR) is 37.1 cm³/mol. The summed E-state index contributed by atoms with van der Waals surface area (Å²) >= 11 is -1.87. The molecule has 0 heterocycles. The molecule has 0 aliphatic carbocycles. The van der Waals surface area contributed by atoms with Crippen LogP contribution in [0, 0.1) is 5.92 Å². The first-order valence-electron chi connectivity index (χ1n) is 2.84. The number of carboxylic acids is 1. The molecule has 4 nitrogen and oxygen atoms in total. The van der Waals surface area contributed by atoms with Gasteiger partial charge in [-0.05, 0) is 6.42 Å². The molecule has 0 radical (unpaired) electrons. The maximum Gasteiger partial charge on any atom is 0.306 e. The minimum absolute atomic E-state index is 0.0352. The van der Waals surface area contributed by atoms with Crippen molar-refractivity contribution in [1.29, 1.82) is 0 Å². The lowest BCUT2D eigenvalue weighted by molar-refractivity contribution is -0.141. The highest BCUT2D eigenvalue weighted by atomic mass is 32.2. The highest BCUT2D eigenvalue weighted by molar-refractivity contribution is 7.79. The van der Waals surface area contributed by atoms with E-state index in [0.717, 1.165) is 0 Å². The average molecular weight is 166 g/mol. The minimum Gasteiger partial charge on any atom is -0.481 e. The lowest BCUT2D eigenvalue weighted by Crippen LogP contribution is -2.12. The third-order valence-corrected chi connectivity index (χ3v) is 1.73. The van der Waals surface area contributed by atoms with Crippen LogP contribution < -0.4 is 0 Å². The van der Waals surface area contributed by atoms with Gasteiger partial charge in [0.1, 0.15) is 0 Å². The number of carboxylic acid groups (broad SMARTS) is 1. The molecule has 0 spiro atoms. The molecule has 0 rings (SSSR count). The Balaban J connectivity index is 3.49. The molecule has 0 saturated carbocycles. The van der Waals surface area contributed by atoms with E-state index in [2.05, 4.69) is 0 Å². The Hall–Kier alpha value is -0.420. The molecule has 0 aromatic heterocycles. The van der Waals surface area contributed by atoms with Crippen molar-refractivity contribution in [2.24, 2.45) is 5.92 Å². The van der Waals surface area contributed by atoms with Crippen molar-refractivity contribution in [2.75, 3.05) is 5.75 Å². The summed E-state index contributed by atoms with van der Waals surface area (Å²) in [5, 5.41) is 8.31. The Morgan fingerprint density at radius 2 is 2.20 bits per heavy atom. The third-order valence-electron chi connectivity index (χ3n) is 1.15. The Bertz CT molecular complexity index is 145. The van der Waals surface area contributed by atoms with Crippen LogP contribution in [-0.2, 0) is 15.9 Å². The predicted octanol–water partition coefficient (Wildman–Crippen LogP) is 0.319. The van der Waals surface area contributed by atoms with Gasteiger partial charge in [0.05, 0.1) is 11.7 Å². The van der Waals surface area contributed by atoms with Crippen molar-refractivity contribution < 1.29 is 18.7 Å². The Morgan fingerprint density at radius 3 is 2.50 bits per heavy atom. The monoisotopic (exact) mass is 166 g/mol. The quantitative estimate of drug-likeness (QED) is 0.590. The first-order valence-corrected chi connectivity index (χ1v) is 4.12. The number of hydrogen-bond acceptors (Lipinski definition) is 2. The van der Waals surface area contributed by atoms with Crippen LogP contribution in [0.1, 0.15) is 13.3 Å². The van der Waals surface area contributed by atoms with Crippen LogP contribution in [0.5, 0.6) is 0 Å². The van der Waals surface area contributed by atoms with E-state index in [-0.39, 0.29) is 12.2 Å². The molecule has 0 aliphatic rings. The van der Waals surface area contributed by atoms with E-state index in [4.69, 9.17) is 9.66 Å². The van der Waals surface area contributed by atoms with Crippen LogP contribution in [0.2, 0.25) is 0 Å². The molecule has 2 N–H and O–H groups in total. The zero-order valence-corrected chi connectivity index (χ0v) is 6.43. The summed E-state index contributed by atoms with van der Waals surface area (Å²) in [5.41, 5.74) is 0. The van der Waals surface area contributed by atoms with E-state index >= 15 is 0 Å². The van der Waals surface area contributed by atoms with E-state index in [1.165, 1.54) is 6.92 Å². The summed E-state index contributed by atoms with van der Waals surface area (Å²) in [5.74, 6) is -1.42. The van der Waals surface area contributed by atoms with E-state index < -0.39 is 23.0 Å². The standard InChI is InChI=1S/C5H10O4S/c1-4(5(6)7)2-3-10(8)9/h4H,2-3H2,1H3,(H,6,7)(H,8,9). The summed E-state index contributed by atoms with van der Waals surface area (Å²) < 4.78 is 18.3. The van der Waals surface area contributed by atoms with Crippen molar-refractivity contribution in [3.8, 4) is 0 Å². The summed E-state index contributed by atoms with van der Waals surface area (Å²) in [7, 11) is 0. The van der Waals surface area contributed by atoms with Gasteiger partial charge in [-0.25, -0.2) is 4.21 Å². The zero-order chi connectivity index (χ0) is 8.15. The van der Waals surface area contributed by atoms with Gasteiger partial charge in [-0.3, -0.25) is 4.79 Å². The zero-order valence-electron chi connectivity index (χ0n) is 5.61. The highest BCUT2D eigenvalue weighted by Gasteiger charge is 2.10. The van der Waals surface area contributed by atoms with Crippen LogP contribution in [0.15, 0.2) is 0 Å². The van der Waals surface area contributed by atoms with Crippen molar-refractivity contribution in [1.82, 2.24) is 0 Å². The molecular weight excluding hydrogens is 156 g/mol. The van der Waals surface area contributed by atoms with Gasteiger partial charge in [0.25, 0.3) is 0 Å². The fraction of sp³-hybridized carbons (Fsp3) is 0.800. The van der Waals surface area contributed by atoms with Crippen LogP contribution in [-0.4, -0.2) is 25.6 Å². The van der Waals surface area contributed by atoms with E-state index in [0.29, 0.717) is 0 Å². The smallest absolute Gasteiger partial charge is 0.306 e. The van der Waals surface area contributed by atoms with Gasteiger partial charge in [-0.15, -0.1) is 0 Å². The van der Waals surface area contributed by atoms with Crippen molar-refractivity contribution >= 4 is 17.0 Å². The maximum absolute atomic E-state index is 10.1. The molecule has 0 amide bonds. The molecule has 0 aliphatic heterocycles. The third kappa shape index (κ3) is 4.46. The van der Waals surface area contributed by atoms with Crippen molar-refractivity contribution in [2.45, 2.75) is 13.3 Å². The van der Waals surface area contributed by atoms with Crippen molar-refractivity contribution in [3.63, 3.8) is 0 Å². The largest absolute Gasteiger partial charge is 0.481 e. The van der Waals surface area contributed by atoms with E-state index in [9.17, 15) is 9.00 Å². The van der Waals surface area contributed by atoms with E-state index in [1.807, 2.05) is 0 Å². The normalized spacial score (nSPS) is 16.2. The summed E-state index contributed by atoms with van der Waals surface area (Å²) in [4.78, 5) is 10.1. The Morgan fingerprint density at radius 1 is 1.70 bits per heavy atom. The topological polar surface area (TPSA) is 74.6 Å². The Labute approximate surface area is 61.5 Å². The molecule has 0 aromatic carbocycles. The minimum atomic E-state index is -1.87. The van der Waals surface area contributed by atoms with Gasteiger partial charge in [0, 0.05) is 0 Å². The summed E-state index contributed by atoms with van der Waals surface area (Å²) in [6.07, 6.45) is 0.248. The number of hydrogen-bond donors (Lipinski definition) is 2. The molecule has 0 bridgehead atoms. The SMILES string of the molecule is CC(CCS(=O)O)C(=O)O. The van der Waals surface area contributed by atoms with Gasteiger partial charge in [0.2, 0.25) is 0 Å². The summed E-state index contributed by atoms with van der Waals surface area (Å²) in [6, 6.07) is 0. The molecule has 2 atom stereocenters. The number of rotatable bonds is 4. The fourth-order valence-electron chi connectivity index (χ4n) is 0.401. The fourth-order valence-corrected chi connectivity index (χ4v) is 0.956. The summed E-state index contributed by atoms with van der Waals surface area (Å²) in [6.45, 7) is 1.51. The van der Waals surface area contributed by atoms with Crippen LogP contribution in [0.4, 0.5) is 0 Å². The second-order valence-electron chi connectivity index (χ2n) is 2.05. The molecule has 0 saturated heterocycles. The van der Waals surface area contributed by atoms with Gasteiger partial charge >= 0.3 is 5.97 Å². The number of aliphatic carboxylic acids is 1. The molecular formula is C5H10O4S. The van der Waals surface area contributed by atoms with E-state index in [1.54, 1.807) is 0 Å². The molecule has 10 heavy (non-hydrogen) atoms. The molecule has 60 valence electrons. The molecule has 5 heteroatoms. The van der Waals surface area contributed by atoms with Gasteiger partial charge in [0.15, 0.2) is 11.1 Å².